The molecule has 1 unspecified atom stereocenters. The Labute approximate surface area is 130 Å². The predicted molar refractivity (Wildman–Crippen MR) is 90.5 cm³/mol. The molecular weight excluding hydrogens is 312 g/mol. The summed E-state index contributed by atoms with van der Waals surface area (Å²) in [6, 6.07) is 8.48. The van der Waals surface area contributed by atoms with E-state index in [1.165, 1.54) is 11.3 Å². The van der Waals surface area contributed by atoms with Crippen LogP contribution >= 0.6 is 15.9 Å². The van der Waals surface area contributed by atoms with E-state index in [9.17, 15) is 0 Å². The second-order valence-electron chi connectivity index (χ2n) is 6.59. The Balaban J connectivity index is 2.43. The molecule has 2 rings (SSSR count). The summed E-state index contributed by atoms with van der Waals surface area (Å²) in [6.45, 7) is 10.2. The van der Waals surface area contributed by atoms with Gasteiger partial charge in [-0.25, -0.2) is 4.98 Å². The number of hydrogen-bond acceptors (Lipinski definition) is 1. The minimum absolute atomic E-state index is 0.290. The maximum atomic E-state index is 4.82. The molecule has 0 aliphatic heterocycles. The highest BCUT2D eigenvalue weighted by molar-refractivity contribution is 9.09. The van der Waals surface area contributed by atoms with Crippen LogP contribution in [0.1, 0.15) is 39.9 Å². The molecule has 0 amide bonds. The lowest BCUT2D eigenvalue weighted by Crippen LogP contribution is -2.27. The van der Waals surface area contributed by atoms with Crippen LogP contribution < -0.4 is 0 Å². The number of nitrogens with zero attached hydrogens (tertiary/aromatic N) is 2. The highest BCUT2D eigenvalue weighted by Crippen LogP contribution is 2.30. The van der Waals surface area contributed by atoms with Gasteiger partial charge in [0.1, 0.15) is 5.82 Å². The zero-order chi connectivity index (χ0) is 14.8. The Hall–Kier alpha value is -0.830. The van der Waals surface area contributed by atoms with Crippen molar-refractivity contribution in [1.82, 2.24) is 9.55 Å². The van der Waals surface area contributed by atoms with E-state index in [-0.39, 0.29) is 0 Å². The van der Waals surface area contributed by atoms with Crippen molar-refractivity contribution in [2.75, 3.05) is 5.33 Å². The predicted octanol–water partition coefficient (Wildman–Crippen LogP) is 5.05. The maximum absolute atomic E-state index is 4.82. The molecule has 110 valence electrons. The average molecular weight is 337 g/mol. The van der Waals surface area contributed by atoms with E-state index in [4.69, 9.17) is 4.98 Å². The number of para-hydroxylation sites is 2. The molecule has 1 aromatic carbocycles. The molecule has 1 aromatic heterocycles. The van der Waals surface area contributed by atoms with E-state index in [0.717, 1.165) is 30.2 Å². The lowest BCUT2D eigenvalue weighted by atomic mass is 9.82. The molecule has 2 aromatic rings. The van der Waals surface area contributed by atoms with Gasteiger partial charge in [0.25, 0.3) is 0 Å². The van der Waals surface area contributed by atoms with Crippen molar-refractivity contribution < 1.29 is 0 Å². The third-order valence-corrected chi connectivity index (χ3v) is 4.80. The normalized spacial score (nSPS) is 13.8. The van der Waals surface area contributed by atoms with E-state index in [1.54, 1.807) is 0 Å². The van der Waals surface area contributed by atoms with E-state index in [0.29, 0.717) is 11.3 Å². The maximum Gasteiger partial charge on any atom is 0.109 e. The fraction of sp³-hybridized carbons (Fsp3) is 0.588. The SMILES string of the molecule is CCCc1nc2ccccc2n1CC(CBr)C(C)(C)C. The topological polar surface area (TPSA) is 17.8 Å². The van der Waals surface area contributed by atoms with E-state index in [2.05, 4.69) is 72.5 Å². The zero-order valence-electron chi connectivity index (χ0n) is 13.0. The van der Waals surface area contributed by atoms with Crippen LogP contribution in [0.25, 0.3) is 11.0 Å². The van der Waals surface area contributed by atoms with Crippen LogP contribution in [-0.4, -0.2) is 14.9 Å². The van der Waals surface area contributed by atoms with Gasteiger partial charge in [0.05, 0.1) is 11.0 Å². The van der Waals surface area contributed by atoms with Gasteiger partial charge in [0, 0.05) is 18.3 Å². The first-order chi connectivity index (χ1) is 9.47. The minimum atomic E-state index is 0.290. The molecule has 1 heterocycles. The number of aromatic nitrogens is 2. The van der Waals surface area contributed by atoms with Crippen LogP contribution in [0, 0.1) is 11.3 Å². The smallest absolute Gasteiger partial charge is 0.109 e. The summed E-state index contributed by atoms with van der Waals surface area (Å²) in [5.41, 5.74) is 2.68. The second kappa shape index (κ2) is 6.30. The fourth-order valence-electron chi connectivity index (χ4n) is 2.52. The third kappa shape index (κ3) is 3.25. The van der Waals surface area contributed by atoms with Gasteiger partial charge in [0.15, 0.2) is 0 Å². The van der Waals surface area contributed by atoms with Gasteiger partial charge >= 0.3 is 0 Å². The summed E-state index contributed by atoms with van der Waals surface area (Å²) < 4.78 is 2.43. The van der Waals surface area contributed by atoms with Crippen LogP contribution in [0.4, 0.5) is 0 Å². The van der Waals surface area contributed by atoms with Gasteiger partial charge in [0.2, 0.25) is 0 Å². The fourth-order valence-corrected chi connectivity index (χ4v) is 3.69. The van der Waals surface area contributed by atoms with E-state index < -0.39 is 0 Å². The summed E-state index contributed by atoms with van der Waals surface area (Å²) >= 11 is 3.69. The molecule has 0 saturated heterocycles. The first kappa shape index (κ1) is 15.6. The van der Waals surface area contributed by atoms with Crippen LogP contribution in [0.3, 0.4) is 0 Å². The molecule has 0 spiro atoms. The van der Waals surface area contributed by atoms with Gasteiger partial charge in [-0.1, -0.05) is 55.8 Å². The zero-order valence-corrected chi connectivity index (χ0v) is 14.6. The number of hydrogen-bond donors (Lipinski definition) is 0. The number of alkyl halides is 1. The summed E-state index contributed by atoms with van der Waals surface area (Å²) in [7, 11) is 0. The van der Waals surface area contributed by atoms with Crippen molar-refractivity contribution >= 4 is 27.0 Å². The molecule has 2 nitrogen and oxygen atoms in total. The molecule has 0 N–H and O–H groups in total. The van der Waals surface area contributed by atoms with Gasteiger partial charge in [-0.3, -0.25) is 0 Å². The number of halogens is 1. The first-order valence-corrected chi connectivity index (χ1v) is 8.59. The molecule has 0 bridgehead atoms. The van der Waals surface area contributed by atoms with Crippen molar-refractivity contribution in [3.05, 3.63) is 30.1 Å². The van der Waals surface area contributed by atoms with Gasteiger partial charge < -0.3 is 4.57 Å². The van der Waals surface area contributed by atoms with Crippen molar-refractivity contribution in [3.63, 3.8) is 0 Å². The molecule has 20 heavy (non-hydrogen) atoms. The largest absolute Gasteiger partial charge is 0.328 e. The van der Waals surface area contributed by atoms with Crippen LogP contribution in [0.5, 0.6) is 0 Å². The number of aryl methyl sites for hydroxylation is 1. The Morgan fingerprint density at radius 1 is 1.25 bits per heavy atom. The second-order valence-corrected chi connectivity index (χ2v) is 7.24. The number of benzene rings is 1. The third-order valence-electron chi connectivity index (χ3n) is 4.02. The molecular formula is C17H25BrN2. The summed E-state index contributed by atoms with van der Waals surface area (Å²) in [6.07, 6.45) is 2.19. The Bertz CT molecular complexity index is 566. The number of imidazole rings is 1. The lowest BCUT2D eigenvalue weighted by Gasteiger charge is -2.30. The number of fused-ring (bicyclic) bond motifs is 1. The molecule has 0 aliphatic rings. The minimum Gasteiger partial charge on any atom is -0.328 e. The van der Waals surface area contributed by atoms with Gasteiger partial charge in [-0.2, -0.15) is 0 Å². The summed E-state index contributed by atoms with van der Waals surface area (Å²) in [4.78, 5) is 4.82. The lowest BCUT2D eigenvalue weighted by molar-refractivity contribution is 0.239. The van der Waals surface area contributed by atoms with Gasteiger partial charge in [-0.15, -0.1) is 0 Å². The van der Waals surface area contributed by atoms with Crippen molar-refractivity contribution in [2.24, 2.45) is 11.3 Å². The standard InChI is InChI=1S/C17H25BrN2/c1-5-8-16-19-14-9-6-7-10-15(14)20(16)12-13(11-18)17(2,3)4/h6-7,9-10,13H,5,8,11-12H2,1-4H3. The quantitative estimate of drug-likeness (QED) is 0.699. The van der Waals surface area contributed by atoms with Crippen molar-refractivity contribution in [2.45, 2.75) is 47.1 Å². The van der Waals surface area contributed by atoms with Crippen LogP contribution in [0.2, 0.25) is 0 Å². The first-order valence-electron chi connectivity index (χ1n) is 7.47. The van der Waals surface area contributed by atoms with Crippen molar-refractivity contribution in [1.29, 1.82) is 0 Å². The van der Waals surface area contributed by atoms with Crippen LogP contribution in [0.15, 0.2) is 24.3 Å². The highest BCUT2D eigenvalue weighted by Gasteiger charge is 2.25. The van der Waals surface area contributed by atoms with E-state index in [1.807, 2.05) is 0 Å². The molecule has 0 aliphatic carbocycles. The van der Waals surface area contributed by atoms with E-state index >= 15 is 0 Å². The highest BCUT2D eigenvalue weighted by atomic mass is 79.9. The van der Waals surface area contributed by atoms with Gasteiger partial charge in [-0.05, 0) is 29.9 Å². The summed E-state index contributed by atoms with van der Waals surface area (Å²) in [5, 5.41) is 1.02. The Kier molecular flexibility index (Phi) is 4.90. The number of rotatable bonds is 5. The van der Waals surface area contributed by atoms with Crippen molar-refractivity contribution in [3.8, 4) is 0 Å². The molecule has 1 atom stereocenters. The Morgan fingerprint density at radius 2 is 1.95 bits per heavy atom. The summed E-state index contributed by atoms with van der Waals surface area (Å²) in [5.74, 6) is 1.82. The monoisotopic (exact) mass is 336 g/mol. The average Bonchev–Trinajstić information content (AvgIpc) is 2.72. The molecule has 0 radical (unpaired) electrons. The molecule has 0 saturated carbocycles. The molecule has 0 fully saturated rings. The molecule has 3 heteroatoms. The Morgan fingerprint density at radius 3 is 2.55 bits per heavy atom. The van der Waals surface area contributed by atoms with Crippen LogP contribution in [-0.2, 0) is 13.0 Å².